The molecular weight excluding hydrogens is 305 g/mol. The van der Waals surface area contributed by atoms with E-state index in [0.29, 0.717) is 0 Å². The van der Waals surface area contributed by atoms with Crippen molar-refractivity contribution in [2.24, 2.45) is 0 Å². The maximum Gasteiger partial charge on any atom is -1.00 e. The summed E-state index contributed by atoms with van der Waals surface area (Å²) in [5.74, 6) is 0. The van der Waals surface area contributed by atoms with Crippen LogP contribution in [0.25, 0.3) is 0 Å². The van der Waals surface area contributed by atoms with Gasteiger partial charge in [0.25, 0.3) is 0 Å². The molecule has 0 N–H and O–H groups in total. The molecule has 0 aromatic carbocycles. The Kier molecular flexibility index (Phi) is 33.4. The van der Waals surface area contributed by atoms with Gasteiger partial charge in [0.05, 0.1) is 0 Å². The van der Waals surface area contributed by atoms with E-state index in [2.05, 4.69) is 23.2 Å². The molecule has 0 radical (unpaired) electrons. The third kappa shape index (κ3) is 27.5. The zero-order valence-electron chi connectivity index (χ0n) is 15.8. The van der Waals surface area contributed by atoms with Crippen LogP contribution in [0.2, 0.25) is 5.28 Å². The molecule has 0 bridgehead atoms. The third-order valence-corrected chi connectivity index (χ3v) is 4.97. The molecule has 3 heteroatoms. The number of halogens is 2. The molecule has 0 heterocycles. The van der Waals surface area contributed by atoms with Crippen LogP contribution in [0.1, 0.15) is 122 Å². The number of hydrogen-bond donors (Lipinski definition) is 0. The molecule has 0 spiro atoms. The second-order valence-corrected chi connectivity index (χ2v) is 7.38. The Balaban J connectivity index is -0.00000200. The average Bonchev–Trinajstić information content (AvgIpc) is 2.50. The molecule has 0 saturated carbocycles. The van der Waals surface area contributed by atoms with Gasteiger partial charge in [0.15, 0.2) is 0 Å². The third-order valence-electron chi connectivity index (χ3n) is 4.56. The van der Waals surface area contributed by atoms with Gasteiger partial charge in [0.2, 0.25) is 0 Å². The molecule has 0 aromatic heterocycles. The fourth-order valence-electron chi connectivity index (χ4n) is 3.05. The molecule has 23 heavy (non-hydrogen) atoms. The molecule has 0 aliphatic rings. The first-order valence-corrected chi connectivity index (χ1v) is 10.9. The predicted molar refractivity (Wildman–Crippen MR) is 99.3 cm³/mol. The first-order valence-electron chi connectivity index (χ1n) is 10.1. The van der Waals surface area contributed by atoms with Crippen molar-refractivity contribution in [1.82, 2.24) is 0 Å². The van der Waals surface area contributed by atoms with Crippen molar-refractivity contribution in [2.75, 3.05) is 0 Å². The van der Waals surface area contributed by atoms with Gasteiger partial charge in [0.1, 0.15) is 0 Å². The van der Waals surface area contributed by atoms with Gasteiger partial charge in [0, 0.05) is 0 Å². The van der Waals surface area contributed by atoms with Crippen molar-refractivity contribution >= 4 is 16.3 Å². The first kappa shape index (κ1) is 28.2. The minimum absolute atomic E-state index is 0. The fourth-order valence-corrected chi connectivity index (χ4v) is 3.33. The average molecular weight is 347 g/mol. The quantitative estimate of drug-likeness (QED) is 0.261. The van der Waals surface area contributed by atoms with E-state index in [9.17, 15) is 0 Å². The summed E-state index contributed by atoms with van der Waals surface area (Å²) in [4.78, 5) is 0. The Labute approximate surface area is 153 Å². The molecule has 0 unspecified atom stereocenters. The Hall–Kier alpha value is 0.392. The monoisotopic (exact) mass is 346 g/mol. The Morgan fingerprint density at radius 1 is 0.391 bits per heavy atom. The fraction of sp³-hybridized carbons (Fsp3) is 1.00. The molecule has 0 amide bonds. The van der Waals surface area contributed by atoms with Crippen LogP contribution >= 0.6 is 0 Å². The van der Waals surface area contributed by atoms with E-state index in [4.69, 9.17) is 0 Å². The molecule has 0 aliphatic heterocycles. The molecule has 0 rings (SSSR count). The normalized spacial score (nSPS) is 10.2. The maximum atomic E-state index is 2.83. The summed E-state index contributed by atoms with van der Waals surface area (Å²) >= 11 is 2.83. The summed E-state index contributed by atoms with van der Waals surface area (Å²) in [5, 5.41) is 1.29. The second kappa shape index (κ2) is 27.2. The van der Waals surface area contributed by atoms with Gasteiger partial charge < -0.3 is 9.41 Å². The molecule has 138 valence electrons. The van der Waals surface area contributed by atoms with E-state index >= 15 is 0 Å². The van der Waals surface area contributed by atoms with E-state index in [1.54, 1.807) is 0 Å². The van der Waals surface area contributed by atoms with Gasteiger partial charge in [-0.3, -0.25) is 0 Å². The van der Waals surface area contributed by atoms with E-state index in [1.165, 1.54) is 121 Å². The van der Waals surface area contributed by atoms with E-state index in [-0.39, 0.29) is 9.41 Å². The van der Waals surface area contributed by atoms with Crippen molar-refractivity contribution < 1.29 is 9.41 Å². The summed E-state index contributed by atoms with van der Waals surface area (Å²) in [6, 6.07) is 0. The topological polar surface area (TPSA) is 0 Å². The smallest absolute Gasteiger partial charge is 1.00 e. The van der Waals surface area contributed by atoms with E-state index < -0.39 is 0 Å². The molecule has 0 nitrogen and oxygen atoms in total. The Morgan fingerprint density at radius 2 is 0.609 bits per heavy atom. The maximum absolute atomic E-state index is 2.83. The number of rotatable bonds is 18. The van der Waals surface area contributed by atoms with Crippen LogP contribution in [0, 0.1) is 0 Å². The number of unbranched alkanes of at least 4 members (excludes halogenated alkanes) is 17. The molecule has 0 saturated heterocycles. The Morgan fingerprint density at radius 3 is 0.826 bits per heavy atom. The molecule has 0 aliphatic carbocycles. The summed E-state index contributed by atoms with van der Waals surface area (Å²) in [5.41, 5.74) is 0. The van der Waals surface area contributed by atoms with E-state index in [0.717, 1.165) is 0 Å². The van der Waals surface area contributed by atoms with Crippen LogP contribution in [0.3, 0.4) is 0 Å². The SMILES string of the molecule is CCCCCCCCCCCCCCCCCCC[CH2][Al+2].[F-].[F-]. The second-order valence-electron chi connectivity index (χ2n) is 6.80. The van der Waals surface area contributed by atoms with Gasteiger partial charge >= 0.3 is 92.2 Å². The van der Waals surface area contributed by atoms with Crippen molar-refractivity contribution in [3.8, 4) is 0 Å². The van der Waals surface area contributed by atoms with Crippen LogP contribution in [0.4, 0.5) is 0 Å². The minimum atomic E-state index is 0. The van der Waals surface area contributed by atoms with Crippen molar-refractivity contribution in [3.05, 3.63) is 0 Å². The molecule has 0 fully saturated rings. The van der Waals surface area contributed by atoms with Crippen LogP contribution in [0.15, 0.2) is 0 Å². The van der Waals surface area contributed by atoms with E-state index in [1.807, 2.05) is 0 Å². The standard InChI is InChI=1S/C20H41.Al.2FH/c1-3-5-7-9-11-13-15-17-19-20-18-16-14-12-10-8-6-4-2;;;/h1,3-20H2,2H3;;2*1H/q;+2;;/p-2. The summed E-state index contributed by atoms with van der Waals surface area (Å²) < 4.78 is 0. The van der Waals surface area contributed by atoms with Gasteiger partial charge in [-0.1, -0.05) is 51.9 Å². The van der Waals surface area contributed by atoms with Gasteiger partial charge in [-0.2, -0.15) is 0 Å². The summed E-state index contributed by atoms with van der Waals surface area (Å²) in [6.07, 6.45) is 26.4. The van der Waals surface area contributed by atoms with Gasteiger partial charge in [-0.05, 0) is 0 Å². The summed E-state index contributed by atoms with van der Waals surface area (Å²) in [6.45, 7) is 2.30. The minimum Gasteiger partial charge on any atom is -1.00 e. The van der Waals surface area contributed by atoms with Gasteiger partial charge in [-0.25, -0.2) is 0 Å². The largest absolute Gasteiger partial charge is 1.00 e. The first-order chi connectivity index (χ1) is 10.4. The van der Waals surface area contributed by atoms with Crippen LogP contribution in [0.5, 0.6) is 0 Å². The number of hydrogen-bond acceptors (Lipinski definition) is 0. The molecule has 0 atom stereocenters. The van der Waals surface area contributed by atoms with Gasteiger partial charge in [-0.15, -0.1) is 0 Å². The van der Waals surface area contributed by atoms with Crippen molar-refractivity contribution in [2.45, 2.75) is 128 Å². The van der Waals surface area contributed by atoms with Crippen molar-refractivity contribution in [1.29, 1.82) is 0 Å². The zero-order chi connectivity index (χ0) is 15.4. The van der Waals surface area contributed by atoms with Crippen LogP contribution < -0.4 is 9.41 Å². The van der Waals surface area contributed by atoms with Crippen LogP contribution in [-0.2, 0) is 0 Å². The summed E-state index contributed by atoms with van der Waals surface area (Å²) in [7, 11) is 0. The zero-order valence-corrected chi connectivity index (χ0v) is 16.9. The Bertz CT molecular complexity index is 159. The molecule has 0 aromatic rings. The van der Waals surface area contributed by atoms with Crippen LogP contribution in [-0.4, -0.2) is 16.3 Å². The predicted octanol–water partition coefficient (Wildman–Crippen LogP) is 1.62. The molecular formula is C20H41AlF2. The van der Waals surface area contributed by atoms with Crippen molar-refractivity contribution in [3.63, 3.8) is 0 Å².